The lowest BCUT2D eigenvalue weighted by atomic mass is 9.93. The highest BCUT2D eigenvalue weighted by molar-refractivity contribution is 6.32. The first-order valence-corrected chi connectivity index (χ1v) is 10.0. The number of ketones is 1. The number of alkyl halides is 1. The van der Waals surface area contributed by atoms with Crippen molar-refractivity contribution in [1.29, 1.82) is 0 Å². The number of ether oxygens (including phenoxy) is 2. The molecule has 0 spiro atoms. The molecule has 2 aromatic rings. The molecule has 8 heteroatoms. The predicted octanol–water partition coefficient (Wildman–Crippen LogP) is 4.01. The molecule has 1 amide bonds. The van der Waals surface area contributed by atoms with Crippen LogP contribution in [-0.2, 0) is 11.2 Å². The number of piperidine rings is 1. The first kappa shape index (κ1) is 20.6. The van der Waals surface area contributed by atoms with Crippen LogP contribution in [0.3, 0.4) is 0 Å². The summed E-state index contributed by atoms with van der Waals surface area (Å²) in [5, 5.41) is 0.0843. The molecule has 2 aliphatic heterocycles. The Morgan fingerprint density at radius 3 is 2.70 bits per heavy atom. The Hall–Kier alpha value is -2.67. The van der Waals surface area contributed by atoms with Crippen molar-refractivity contribution in [3.05, 3.63) is 58.4 Å². The van der Waals surface area contributed by atoms with E-state index in [2.05, 4.69) is 0 Å². The average molecular weight is 436 g/mol. The van der Waals surface area contributed by atoms with Gasteiger partial charge in [0.05, 0.1) is 5.02 Å². The number of rotatable bonds is 4. The standard InChI is InChI=1S/C22H20ClF2NO4/c23-18-11-16(24)2-4-20(18)30-13-22(25)5-7-26(8-6-22)21(28)14-1-3-19-15(9-14)10-17(27)12-29-19/h1-4,9,11H,5-8,10,12-13H2. The Morgan fingerprint density at radius 1 is 1.20 bits per heavy atom. The first-order valence-electron chi connectivity index (χ1n) is 9.66. The minimum atomic E-state index is -1.61. The smallest absolute Gasteiger partial charge is 0.253 e. The van der Waals surface area contributed by atoms with E-state index in [1.165, 1.54) is 12.1 Å². The van der Waals surface area contributed by atoms with Crippen LogP contribution in [0.1, 0.15) is 28.8 Å². The van der Waals surface area contributed by atoms with Crippen molar-refractivity contribution in [3.8, 4) is 11.5 Å². The van der Waals surface area contributed by atoms with Gasteiger partial charge >= 0.3 is 0 Å². The second-order valence-electron chi connectivity index (χ2n) is 7.63. The Kier molecular flexibility index (Phi) is 5.64. The minimum Gasteiger partial charge on any atom is -0.489 e. The molecule has 0 atom stereocenters. The minimum absolute atomic E-state index is 0.0338. The number of amides is 1. The van der Waals surface area contributed by atoms with Crippen LogP contribution in [-0.4, -0.2) is 48.6 Å². The normalized spacial score (nSPS) is 17.8. The topological polar surface area (TPSA) is 55.8 Å². The monoisotopic (exact) mass is 435 g/mol. The van der Waals surface area contributed by atoms with Crippen molar-refractivity contribution in [3.63, 3.8) is 0 Å². The summed E-state index contributed by atoms with van der Waals surface area (Å²) in [6, 6.07) is 8.70. The van der Waals surface area contributed by atoms with Gasteiger partial charge in [-0.2, -0.15) is 0 Å². The van der Waals surface area contributed by atoms with E-state index >= 15 is 4.39 Å². The van der Waals surface area contributed by atoms with Gasteiger partial charge in [0.2, 0.25) is 0 Å². The summed E-state index contributed by atoms with van der Waals surface area (Å²) < 4.78 is 39.1. The van der Waals surface area contributed by atoms with Gasteiger partial charge in [-0.05, 0) is 36.4 Å². The molecule has 158 valence electrons. The predicted molar refractivity (Wildman–Crippen MR) is 107 cm³/mol. The molecule has 1 fully saturated rings. The van der Waals surface area contributed by atoms with Crippen LogP contribution in [0.2, 0.25) is 5.02 Å². The van der Waals surface area contributed by atoms with E-state index in [0.29, 0.717) is 16.9 Å². The molecule has 0 bridgehead atoms. The van der Waals surface area contributed by atoms with Gasteiger partial charge in [-0.3, -0.25) is 9.59 Å². The number of benzene rings is 2. The molecule has 0 N–H and O–H groups in total. The second kappa shape index (κ2) is 8.22. The van der Waals surface area contributed by atoms with Crippen molar-refractivity contribution in [2.24, 2.45) is 0 Å². The molecule has 2 heterocycles. The SMILES string of the molecule is O=C1COc2ccc(C(=O)N3CCC(F)(COc4ccc(F)cc4Cl)CC3)cc2C1. The van der Waals surface area contributed by atoms with Crippen molar-refractivity contribution in [2.45, 2.75) is 24.9 Å². The molecule has 0 saturated carbocycles. The summed E-state index contributed by atoms with van der Waals surface area (Å²) in [6.07, 6.45) is 0.474. The molecule has 30 heavy (non-hydrogen) atoms. The fourth-order valence-corrected chi connectivity index (χ4v) is 3.87. The third-order valence-corrected chi connectivity index (χ3v) is 5.71. The second-order valence-corrected chi connectivity index (χ2v) is 8.04. The van der Waals surface area contributed by atoms with Crippen LogP contribution >= 0.6 is 11.6 Å². The number of fused-ring (bicyclic) bond motifs is 1. The highest BCUT2D eigenvalue weighted by atomic mass is 35.5. The van der Waals surface area contributed by atoms with E-state index in [0.717, 1.165) is 6.07 Å². The number of carbonyl (C=O) groups excluding carboxylic acids is 2. The highest BCUT2D eigenvalue weighted by Crippen LogP contribution is 2.32. The third kappa shape index (κ3) is 4.41. The number of halogens is 3. The van der Waals surface area contributed by atoms with E-state index in [9.17, 15) is 14.0 Å². The van der Waals surface area contributed by atoms with Gasteiger partial charge in [0, 0.05) is 43.5 Å². The quantitative estimate of drug-likeness (QED) is 0.728. The molecular weight excluding hydrogens is 416 g/mol. The lowest BCUT2D eigenvalue weighted by Crippen LogP contribution is -2.47. The summed E-state index contributed by atoms with van der Waals surface area (Å²) in [5.41, 5.74) is -0.462. The largest absolute Gasteiger partial charge is 0.489 e. The molecule has 0 aromatic heterocycles. The van der Waals surface area contributed by atoms with Gasteiger partial charge in [-0.15, -0.1) is 0 Å². The van der Waals surface area contributed by atoms with Crippen LogP contribution in [0.15, 0.2) is 36.4 Å². The Balaban J connectivity index is 1.36. The van der Waals surface area contributed by atoms with Gasteiger partial charge in [-0.25, -0.2) is 8.78 Å². The molecule has 0 unspecified atom stereocenters. The fraction of sp³-hybridized carbons (Fsp3) is 0.364. The fourth-order valence-electron chi connectivity index (χ4n) is 3.65. The maximum Gasteiger partial charge on any atom is 0.253 e. The van der Waals surface area contributed by atoms with E-state index in [1.54, 1.807) is 23.1 Å². The summed E-state index contributed by atoms with van der Waals surface area (Å²) in [6.45, 7) is 0.305. The Morgan fingerprint density at radius 2 is 1.97 bits per heavy atom. The first-order chi connectivity index (χ1) is 14.3. The summed E-state index contributed by atoms with van der Waals surface area (Å²) >= 11 is 5.91. The summed E-state index contributed by atoms with van der Waals surface area (Å²) in [7, 11) is 0. The molecule has 0 aliphatic carbocycles. The van der Waals surface area contributed by atoms with Crippen molar-refractivity contribution < 1.29 is 27.8 Å². The maximum absolute atomic E-state index is 15.1. The molecular formula is C22H20ClF2NO4. The van der Waals surface area contributed by atoms with E-state index in [1.807, 2.05) is 0 Å². The van der Waals surface area contributed by atoms with Crippen LogP contribution in [0, 0.1) is 5.82 Å². The summed E-state index contributed by atoms with van der Waals surface area (Å²) in [5.74, 6) is 0.102. The number of hydrogen-bond donors (Lipinski definition) is 0. The maximum atomic E-state index is 15.1. The zero-order chi connectivity index (χ0) is 21.3. The average Bonchev–Trinajstić information content (AvgIpc) is 2.72. The number of nitrogens with zero attached hydrogens (tertiary/aromatic N) is 1. The number of Topliss-reactive ketones (excluding diaryl/α,β-unsaturated/α-hetero) is 1. The molecule has 1 saturated heterocycles. The van der Waals surface area contributed by atoms with Crippen LogP contribution in [0.25, 0.3) is 0 Å². The molecule has 2 aromatic carbocycles. The zero-order valence-electron chi connectivity index (χ0n) is 16.1. The van der Waals surface area contributed by atoms with E-state index in [4.69, 9.17) is 21.1 Å². The highest BCUT2D eigenvalue weighted by Gasteiger charge is 2.37. The van der Waals surface area contributed by atoms with Crippen molar-refractivity contribution >= 4 is 23.3 Å². The van der Waals surface area contributed by atoms with Crippen LogP contribution < -0.4 is 9.47 Å². The zero-order valence-corrected chi connectivity index (χ0v) is 16.9. The van der Waals surface area contributed by atoms with E-state index in [-0.39, 0.29) is 68.0 Å². The number of carbonyl (C=O) groups is 2. The van der Waals surface area contributed by atoms with Crippen molar-refractivity contribution in [2.75, 3.05) is 26.3 Å². The Bertz CT molecular complexity index is 989. The molecule has 5 nitrogen and oxygen atoms in total. The van der Waals surface area contributed by atoms with Crippen molar-refractivity contribution in [1.82, 2.24) is 4.90 Å². The number of likely N-dealkylation sites (tertiary alicyclic amines) is 1. The molecule has 0 radical (unpaired) electrons. The molecule has 4 rings (SSSR count). The third-order valence-electron chi connectivity index (χ3n) is 5.41. The summed E-state index contributed by atoms with van der Waals surface area (Å²) in [4.78, 5) is 26.0. The lowest BCUT2D eigenvalue weighted by molar-refractivity contribution is -0.121. The van der Waals surface area contributed by atoms with Gasteiger partial charge in [0.15, 0.2) is 5.78 Å². The van der Waals surface area contributed by atoms with Gasteiger partial charge in [-0.1, -0.05) is 11.6 Å². The van der Waals surface area contributed by atoms with E-state index < -0.39 is 11.5 Å². The van der Waals surface area contributed by atoms with Crippen LogP contribution in [0.5, 0.6) is 11.5 Å². The number of hydrogen-bond acceptors (Lipinski definition) is 4. The van der Waals surface area contributed by atoms with Crippen LogP contribution in [0.4, 0.5) is 8.78 Å². The molecule has 2 aliphatic rings. The van der Waals surface area contributed by atoms with Gasteiger partial charge < -0.3 is 14.4 Å². The lowest BCUT2D eigenvalue weighted by Gasteiger charge is -2.36. The Labute approximate surface area is 177 Å². The van der Waals surface area contributed by atoms with Gasteiger partial charge in [0.25, 0.3) is 5.91 Å². The van der Waals surface area contributed by atoms with Gasteiger partial charge in [0.1, 0.15) is 36.2 Å².